The summed E-state index contributed by atoms with van der Waals surface area (Å²) in [5.41, 5.74) is 0. The van der Waals surface area contributed by atoms with Crippen LogP contribution in [0.15, 0.2) is 0 Å². The Hall–Kier alpha value is -0.120. The molecule has 2 N–H and O–H groups in total. The van der Waals surface area contributed by atoms with E-state index in [1.54, 1.807) is 0 Å². The molecule has 0 spiro atoms. The van der Waals surface area contributed by atoms with Gasteiger partial charge in [-0.05, 0) is 38.8 Å². The molecule has 0 amide bonds. The van der Waals surface area contributed by atoms with Crippen molar-refractivity contribution in [1.29, 1.82) is 0 Å². The molecule has 0 aromatic heterocycles. The fraction of sp³-hybridized carbons (Fsp3) is 1.00. The lowest BCUT2D eigenvalue weighted by atomic mass is 9.90. The summed E-state index contributed by atoms with van der Waals surface area (Å²) >= 11 is 0. The number of piperidine rings is 1. The minimum atomic E-state index is 0.791. The molecule has 2 heterocycles. The SMILES string of the molecule is CC(C1CCNCC1)N1CCNCC1. The number of nitrogens with one attached hydrogen (secondary N) is 2. The van der Waals surface area contributed by atoms with Crippen LogP contribution in [0.3, 0.4) is 0 Å². The Bertz CT molecular complexity index is 142. The highest BCUT2D eigenvalue weighted by atomic mass is 15.2. The summed E-state index contributed by atoms with van der Waals surface area (Å²) in [6.07, 6.45) is 2.73. The van der Waals surface area contributed by atoms with Crippen molar-refractivity contribution in [1.82, 2.24) is 15.5 Å². The molecule has 1 unspecified atom stereocenters. The first-order valence-corrected chi connectivity index (χ1v) is 6.03. The van der Waals surface area contributed by atoms with E-state index in [2.05, 4.69) is 22.5 Å². The van der Waals surface area contributed by atoms with E-state index < -0.39 is 0 Å². The molecule has 0 aromatic rings. The summed E-state index contributed by atoms with van der Waals surface area (Å²) in [4.78, 5) is 2.66. The van der Waals surface area contributed by atoms with Gasteiger partial charge < -0.3 is 10.6 Å². The van der Waals surface area contributed by atoms with Gasteiger partial charge in [0.05, 0.1) is 0 Å². The molecule has 2 fully saturated rings. The molecule has 2 saturated heterocycles. The molecule has 82 valence electrons. The van der Waals surface area contributed by atoms with E-state index in [4.69, 9.17) is 0 Å². The van der Waals surface area contributed by atoms with Crippen LogP contribution in [-0.2, 0) is 0 Å². The van der Waals surface area contributed by atoms with Crippen molar-refractivity contribution in [3.05, 3.63) is 0 Å². The molecule has 2 aliphatic rings. The summed E-state index contributed by atoms with van der Waals surface area (Å²) in [7, 11) is 0. The van der Waals surface area contributed by atoms with Crippen LogP contribution >= 0.6 is 0 Å². The van der Waals surface area contributed by atoms with Crippen LogP contribution in [0.4, 0.5) is 0 Å². The second kappa shape index (κ2) is 5.10. The predicted molar refractivity (Wildman–Crippen MR) is 59.5 cm³/mol. The molecule has 2 aliphatic heterocycles. The van der Waals surface area contributed by atoms with Crippen LogP contribution in [0.25, 0.3) is 0 Å². The predicted octanol–water partition coefficient (Wildman–Crippen LogP) is 0.280. The molecule has 3 nitrogen and oxygen atoms in total. The summed E-state index contributed by atoms with van der Waals surface area (Å²) in [5.74, 6) is 0.925. The third kappa shape index (κ3) is 2.47. The van der Waals surface area contributed by atoms with Gasteiger partial charge in [-0.25, -0.2) is 0 Å². The van der Waals surface area contributed by atoms with Crippen molar-refractivity contribution < 1.29 is 0 Å². The third-order valence-electron chi connectivity index (χ3n) is 3.79. The monoisotopic (exact) mass is 197 g/mol. The van der Waals surface area contributed by atoms with Gasteiger partial charge in [-0.15, -0.1) is 0 Å². The Balaban J connectivity index is 1.82. The quantitative estimate of drug-likeness (QED) is 0.666. The van der Waals surface area contributed by atoms with Gasteiger partial charge in [0.1, 0.15) is 0 Å². The lowest BCUT2D eigenvalue weighted by molar-refractivity contribution is 0.119. The fourth-order valence-electron chi connectivity index (χ4n) is 2.71. The van der Waals surface area contributed by atoms with Crippen LogP contribution in [0.2, 0.25) is 0 Å². The van der Waals surface area contributed by atoms with Gasteiger partial charge in [0.15, 0.2) is 0 Å². The van der Waals surface area contributed by atoms with Crippen molar-refractivity contribution in [2.45, 2.75) is 25.8 Å². The first-order valence-electron chi connectivity index (χ1n) is 6.03. The summed E-state index contributed by atoms with van der Waals surface area (Å²) in [6.45, 7) is 9.70. The lowest BCUT2D eigenvalue weighted by Crippen LogP contribution is -2.51. The summed E-state index contributed by atoms with van der Waals surface area (Å²) in [6, 6.07) is 0.791. The Morgan fingerprint density at radius 2 is 1.57 bits per heavy atom. The zero-order chi connectivity index (χ0) is 9.80. The van der Waals surface area contributed by atoms with E-state index >= 15 is 0 Å². The Morgan fingerprint density at radius 1 is 1.00 bits per heavy atom. The Kier molecular flexibility index (Phi) is 3.79. The molecule has 1 atom stereocenters. The van der Waals surface area contributed by atoms with E-state index in [1.165, 1.54) is 52.1 Å². The number of hydrogen-bond donors (Lipinski definition) is 2. The highest BCUT2D eigenvalue weighted by molar-refractivity contribution is 4.82. The van der Waals surface area contributed by atoms with Gasteiger partial charge in [0, 0.05) is 32.2 Å². The number of piperazine rings is 1. The highest BCUT2D eigenvalue weighted by Gasteiger charge is 2.25. The molecule has 14 heavy (non-hydrogen) atoms. The van der Waals surface area contributed by atoms with E-state index in [1.807, 2.05) is 0 Å². The molecule has 2 rings (SSSR count). The minimum absolute atomic E-state index is 0.791. The van der Waals surface area contributed by atoms with Crippen molar-refractivity contribution in [3.8, 4) is 0 Å². The number of hydrogen-bond acceptors (Lipinski definition) is 3. The van der Waals surface area contributed by atoms with Crippen molar-refractivity contribution in [3.63, 3.8) is 0 Å². The maximum atomic E-state index is 3.44. The number of rotatable bonds is 2. The Morgan fingerprint density at radius 3 is 2.21 bits per heavy atom. The van der Waals surface area contributed by atoms with Crippen LogP contribution in [0, 0.1) is 5.92 Å². The smallest absolute Gasteiger partial charge is 0.0110 e. The van der Waals surface area contributed by atoms with E-state index in [0.717, 1.165) is 12.0 Å². The van der Waals surface area contributed by atoms with Crippen molar-refractivity contribution in [2.75, 3.05) is 39.3 Å². The van der Waals surface area contributed by atoms with Gasteiger partial charge >= 0.3 is 0 Å². The molecular formula is C11H23N3. The fourth-order valence-corrected chi connectivity index (χ4v) is 2.71. The average Bonchev–Trinajstić information content (AvgIpc) is 2.30. The van der Waals surface area contributed by atoms with Gasteiger partial charge in [-0.2, -0.15) is 0 Å². The van der Waals surface area contributed by atoms with Gasteiger partial charge in [-0.1, -0.05) is 0 Å². The van der Waals surface area contributed by atoms with Crippen LogP contribution < -0.4 is 10.6 Å². The van der Waals surface area contributed by atoms with Crippen molar-refractivity contribution >= 4 is 0 Å². The standard InChI is InChI=1S/C11H23N3/c1-10(11-2-4-12-5-3-11)14-8-6-13-7-9-14/h10-13H,2-9H2,1H3. The zero-order valence-corrected chi connectivity index (χ0v) is 9.26. The largest absolute Gasteiger partial charge is 0.317 e. The first kappa shape index (κ1) is 10.4. The minimum Gasteiger partial charge on any atom is -0.317 e. The topological polar surface area (TPSA) is 27.3 Å². The van der Waals surface area contributed by atoms with Gasteiger partial charge in [-0.3, -0.25) is 4.90 Å². The van der Waals surface area contributed by atoms with Crippen LogP contribution in [-0.4, -0.2) is 50.2 Å². The van der Waals surface area contributed by atoms with Crippen LogP contribution in [0.1, 0.15) is 19.8 Å². The molecule has 3 heteroatoms. The second-order valence-corrected chi connectivity index (χ2v) is 4.61. The molecule has 0 aliphatic carbocycles. The molecular weight excluding hydrogens is 174 g/mol. The highest BCUT2D eigenvalue weighted by Crippen LogP contribution is 2.20. The second-order valence-electron chi connectivity index (χ2n) is 4.61. The van der Waals surface area contributed by atoms with Crippen LogP contribution in [0.5, 0.6) is 0 Å². The summed E-state index contributed by atoms with van der Waals surface area (Å²) in [5, 5.41) is 6.86. The molecule has 0 aromatic carbocycles. The average molecular weight is 197 g/mol. The van der Waals surface area contributed by atoms with E-state index in [0.29, 0.717) is 0 Å². The summed E-state index contributed by atoms with van der Waals surface area (Å²) < 4.78 is 0. The zero-order valence-electron chi connectivity index (χ0n) is 9.26. The molecule has 0 radical (unpaired) electrons. The third-order valence-corrected chi connectivity index (χ3v) is 3.79. The normalized spacial score (nSPS) is 28.9. The lowest BCUT2D eigenvalue weighted by Gasteiger charge is -2.39. The molecule has 0 bridgehead atoms. The van der Waals surface area contributed by atoms with Crippen molar-refractivity contribution in [2.24, 2.45) is 5.92 Å². The van der Waals surface area contributed by atoms with E-state index in [9.17, 15) is 0 Å². The van der Waals surface area contributed by atoms with Gasteiger partial charge in [0.25, 0.3) is 0 Å². The Labute approximate surface area is 87.2 Å². The maximum Gasteiger partial charge on any atom is 0.0110 e. The first-order chi connectivity index (χ1) is 6.88. The number of nitrogens with zero attached hydrogens (tertiary/aromatic N) is 1. The maximum absolute atomic E-state index is 3.44. The van der Waals surface area contributed by atoms with E-state index in [-0.39, 0.29) is 0 Å². The molecule has 0 saturated carbocycles. The van der Waals surface area contributed by atoms with Gasteiger partial charge in [0.2, 0.25) is 0 Å².